The highest BCUT2D eigenvalue weighted by Crippen LogP contribution is 2.36. The van der Waals surface area contributed by atoms with Crippen molar-refractivity contribution < 1.29 is 12.8 Å². The molecule has 1 aliphatic rings. The topological polar surface area (TPSA) is 63.4 Å². The summed E-state index contributed by atoms with van der Waals surface area (Å²) in [4.78, 5) is 0. The van der Waals surface area contributed by atoms with Crippen LogP contribution >= 0.6 is 0 Å². The predicted molar refractivity (Wildman–Crippen MR) is 58.5 cm³/mol. The van der Waals surface area contributed by atoms with Crippen molar-refractivity contribution in [2.75, 3.05) is 13.1 Å². The molecule has 0 amide bonds. The van der Waals surface area contributed by atoms with Gasteiger partial charge in [-0.05, 0) is 5.56 Å². The molecule has 1 aromatic carbocycles. The zero-order valence-corrected chi connectivity index (χ0v) is 9.45. The standard InChI is InChI=1S/C10H13FN2O2S/c11-10(9-4-2-1-3-5-9)6-7-13(8-10)16(12,14)15/h1-5H,6-8H2,(H2,12,14,15). The molecule has 1 aromatic rings. The van der Waals surface area contributed by atoms with Crippen molar-refractivity contribution in [1.82, 2.24) is 4.31 Å². The highest BCUT2D eigenvalue weighted by Gasteiger charge is 2.43. The quantitative estimate of drug-likeness (QED) is 0.834. The summed E-state index contributed by atoms with van der Waals surface area (Å²) in [6.45, 7) is -0.0694. The molecule has 2 N–H and O–H groups in total. The molecule has 0 spiro atoms. The average molecular weight is 244 g/mol. The third-order valence-corrected chi connectivity index (χ3v) is 3.87. The molecule has 0 bridgehead atoms. The largest absolute Gasteiger partial charge is 0.277 e. The molecule has 1 aliphatic heterocycles. The summed E-state index contributed by atoms with van der Waals surface area (Å²) in [6.07, 6.45) is 0.146. The molecular weight excluding hydrogens is 231 g/mol. The highest BCUT2D eigenvalue weighted by molar-refractivity contribution is 7.86. The van der Waals surface area contributed by atoms with Gasteiger partial charge in [0.15, 0.2) is 5.67 Å². The van der Waals surface area contributed by atoms with Gasteiger partial charge in [0.05, 0.1) is 6.54 Å². The normalized spacial score (nSPS) is 27.1. The van der Waals surface area contributed by atoms with Crippen molar-refractivity contribution in [2.24, 2.45) is 5.14 Å². The van der Waals surface area contributed by atoms with Gasteiger partial charge in [-0.15, -0.1) is 0 Å². The average Bonchev–Trinajstić information content (AvgIpc) is 2.63. The van der Waals surface area contributed by atoms with Gasteiger partial charge in [-0.1, -0.05) is 30.3 Å². The second kappa shape index (κ2) is 3.80. The fourth-order valence-corrected chi connectivity index (χ4v) is 2.66. The van der Waals surface area contributed by atoms with Gasteiger partial charge in [-0.3, -0.25) is 0 Å². The molecule has 1 atom stereocenters. The van der Waals surface area contributed by atoms with E-state index in [1.54, 1.807) is 30.3 Å². The van der Waals surface area contributed by atoms with Crippen LogP contribution in [0.25, 0.3) is 0 Å². The van der Waals surface area contributed by atoms with Crippen LogP contribution in [0.5, 0.6) is 0 Å². The summed E-state index contributed by atoms with van der Waals surface area (Å²) >= 11 is 0. The van der Waals surface area contributed by atoms with E-state index in [9.17, 15) is 12.8 Å². The van der Waals surface area contributed by atoms with E-state index >= 15 is 0 Å². The van der Waals surface area contributed by atoms with Crippen LogP contribution in [0.1, 0.15) is 12.0 Å². The number of rotatable bonds is 2. The Morgan fingerprint density at radius 3 is 2.44 bits per heavy atom. The maximum Gasteiger partial charge on any atom is 0.277 e. The van der Waals surface area contributed by atoms with Crippen LogP contribution in [0.3, 0.4) is 0 Å². The van der Waals surface area contributed by atoms with Gasteiger partial charge in [0.25, 0.3) is 10.2 Å². The fourth-order valence-electron chi connectivity index (χ4n) is 1.93. The summed E-state index contributed by atoms with van der Waals surface area (Å²) in [5.41, 5.74) is -1.12. The molecule has 0 saturated carbocycles. The van der Waals surface area contributed by atoms with Gasteiger partial charge in [0.2, 0.25) is 0 Å². The monoisotopic (exact) mass is 244 g/mol. The summed E-state index contributed by atoms with van der Waals surface area (Å²) in [5.74, 6) is 0. The molecule has 0 aliphatic carbocycles. The Hall–Kier alpha value is -0.980. The Labute approximate surface area is 94.0 Å². The number of hydrogen-bond acceptors (Lipinski definition) is 2. The number of nitrogens with zero attached hydrogens (tertiary/aromatic N) is 1. The Bertz CT molecular complexity index is 477. The number of halogens is 1. The van der Waals surface area contributed by atoms with E-state index < -0.39 is 15.9 Å². The van der Waals surface area contributed by atoms with E-state index in [0.717, 1.165) is 4.31 Å². The van der Waals surface area contributed by atoms with Gasteiger partial charge in [-0.2, -0.15) is 12.7 Å². The van der Waals surface area contributed by atoms with Crippen molar-refractivity contribution in [3.63, 3.8) is 0 Å². The van der Waals surface area contributed by atoms with Crippen molar-refractivity contribution in [1.29, 1.82) is 0 Å². The van der Waals surface area contributed by atoms with E-state index in [1.165, 1.54) is 0 Å². The number of hydrogen-bond donors (Lipinski definition) is 1. The maximum atomic E-state index is 14.5. The SMILES string of the molecule is NS(=O)(=O)N1CCC(F)(c2ccccc2)C1. The van der Waals surface area contributed by atoms with E-state index in [-0.39, 0.29) is 19.5 Å². The first-order valence-corrected chi connectivity index (χ1v) is 6.44. The number of nitrogens with two attached hydrogens (primary N) is 1. The lowest BCUT2D eigenvalue weighted by molar-refractivity contribution is 0.183. The molecule has 2 rings (SSSR count). The van der Waals surface area contributed by atoms with Gasteiger partial charge in [-0.25, -0.2) is 9.53 Å². The van der Waals surface area contributed by atoms with E-state index in [4.69, 9.17) is 5.14 Å². The third kappa shape index (κ3) is 2.09. The zero-order valence-electron chi connectivity index (χ0n) is 8.64. The second-order valence-corrected chi connectivity index (χ2v) is 5.51. The summed E-state index contributed by atoms with van der Waals surface area (Å²) in [7, 11) is -3.79. The molecule has 1 unspecified atom stereocenters. The molecule has 16 heavy (non-hydrogen) atoms. The lowest BCUT2D eigenvalue weighted by Gasteiger charge is -2.20. The number of alkyl halides is 1. The first-order chi connectivity index (χ1) is 7.42. The number of benzene rings is 1. The molecule has 1 heterocycles. The van der Waals surface area contributed by atoms with E-state index in [1.807, 2.05) is 0 Å². The molecule has 4 nitrogen and oxygen atoms in total. The van der Waals surface area contributed by atoms with E-state index in [0.29, 0.717) is 5.56 Å². The molecule has 6 heteroatoms. The molecule has 88 valence electrons. The van der Waals surface area contributed by atoms with Crippen LogP contribution in [0.2, 0.25) is 0 Å². The lowest BCUT2D eigenvalue weighted by Crippen LogP contribution is -2.36. The molecular formula is C10H13FN2O2S. The van der Waals surface area contributed by atoms with Gasteiger partial charge < -0.3 is 0 Å². The third-order valence-electron chi connectivity index (χ3n) is 2.84. The zero-order chi connectivity index (χ0) is 11.8. The summed E-state index contributed by atoms with van der Waals surface area (Å²) < 4.78 is 37.6. The van der Waals surface area contributed by atoms with Crippen LogP contribution in [0.15, 0.2) is 30.3 Å². The minimum atomic E-state index is -3.79. The Balaban J connectivity index is 2.25. The first kappa shape index (κ1) is 11.5. The Morgan fingerprint density at radius 1 is 1.31 bits per heavy atom. The minimum Gasteiger partial charge on any atom is -0.237 e. The van der Waals surface area contributed by atoms with Crippen molar-refractivity contribution in [2.45, 2.75) is 12.1 Å². The van der Waals surface area contributed by atoms with Crippen LogP contribution in [0, 0.1) is 0 Å². The van der Waals surface area contributed by atoms with Crippen molar-refractivity contribution in [3.8, 4) is 0 Å². The molecule has 1 saturated heterocycles. The van der Waals surface area contributed by atoms with Crippen molar-refractivity contribution in [3.05, 3.63) is 35.9 Å². The van der Waals surface area contributed by atoms with Gasteiger partial charge in [0, 0.05) is 13.0 Å². The van der Waals surface area contributed by atoms with E-state index in [2.05, 4.69) is 0 Å². The summed E-state index contributed by atoms with van der Waals surface area (Å²) in [6, 6.07) is 8.57. The second-order valence-electron chi connectivity index (χ2n) is 3.96. The lowest BCUT2D eigenvalue weighted by atomic mass is 9.95. The Morgan fingerprint density at radius 2 is 1.94 bits per heavy atom. The fraction of sp³-hybridized carbons (Fsp3) is 0.400. The highest BCUT2D eigenvalue weighted by atomic mass is 32.2. The minimum absolute atomic E-state index is 0.129. The van der Waals surface area contributed by atoms with Gasteiger partial charge in [0.1, 0.15) is 0 Å². The first-order valence-electron chi connectivity index (χ1n) is 4.94. The molecule has 0 radical (unpaired) electrons. The van der Waals surface area contributed by atoms with Crippen LogP contribution in [-0.4, -0.2) is 25.8 Å². The van der Waals surface area contributed by atoms with Crippen LogP contribution in [-0.2, 0) is 15.9 Å². The Kier molecular flexibility index (Phi) is 2.73. The smallest absolute Gasteiger partial charge is 0.237 e. The maximum absolute atomic E-state index is 14.5. The molecule has 1 fully saturated rings. The van der Waals surface area contributed by atoms with Gasteiger partial charge >= 0.3 is 0 Å². The summed E-state index contributed by atoms with van der Waals surface area (Å²) in [5, 5.41) is 4.97. The molecule has 0 aromatic heterocycles. The van der Waals surface area contributed by atoms with Crippen molar-refractivity contribution >= 4 is 10.2 Å². The van der Waals surface area contributed by atoms with Crippen LogP contribution < -0.4 is 5.14 Å². The van der Waals surface area contributed by atoms with Crippen LogP contribution in [0.4, 0.5) is 4.39 Å². The predicted octanol–water partition coefficient (Wildman–Crippen LogP) is 0.761.